The third-order valence-corrected chi connectivity index (χ3v) is 3.56. The molecule has 7 heteroatoms. The molecule has 0 aliphatic rings. The summed E-state index contributed by atoms with van der Waals surface area (Å²) in [5.74, 6) is -1.14. The highest BCUT2D eigenvalue weighted by Crippen LogP contribution is 2.14. The molecule has 1 rings (SSSR count). The first-order valence-corrected chi connectivity index (χ1v) is 7.30. The van der Waals surface area contributed by atoms with Crippen molar-refractivity contribution in [2.75, 3.05) is 13.1 Å². The van der Waals surface area contributed by atoms with Crippen LogP contribution < -0.4 is 5.32 Å². The minimum atomic E-state index is -0.936. The van der Waals surface area contributed by atoms with Crippen LogP contribution in [0.2, 0.25) is 5.02 Å². The minimum absolute atomic E-state index is 0. The number of hydrogen-bond acceptors (Lipinski definition) is 3. The molecule has 0 fully saturated rings. The number of carbonyl (C=O) groups is 2. The molecular weight excluding hydrogens is 327 g/mol. The van der Waals surface area contributed by atoms with Gasteiger partial charge in [0, 0.05) is 11.6 Å². The quantitative estimate of drug-likeness (QED) is 0.757. The van der Waals surface area contributed by atoms with E-state index in [1.165, 1.54) is 0 Å². The highest BCUT2D eigenvalue weighted by atomic mass is 35.5. The van der Waals surface area contributed by atoms with Crippen molar-refractivity contribution >= 4 is 35.9 Å². The van der Waals surface area contributed by atoms with E-state index in [1.807, 2.05) is 25.1 Å². The average molecular weight is 349 g/mol. The maximum Gasteiger partial charge on any atom is 0.317 e. The number of rotatable bonds is 8. The number of carbonyl (C=O) groups excluding carboxylic acids is 1. The predicted octanol–water partition coefficient (Wildman–Crippen LogP) is 2.56. The summed E-state index contributed by atoms with van der Waals surface area (Å²) in [6.07, 6.45) is 0.787. The van der Waals surface area contributed by atoms with Crippen LogP contribution in [0.5, 0.6) is 0 Å². The number of hydrogen-bond donors (Lipinski definition) is 2. The molecule has 0 saturated carbocycles. The number of nitrogens with one attached hydrogen (secondary N) is 1. The van der Waals surface area contributed by atoms with Gasteiger partial charge in [-0.1, -0.05) is 36.7 Å². The van der Waals surface area contributed by atoms with Crippen molar-refractivity contribution in [2.24, 2.45) is 0 Å². The van der Waals surface area contributed by atoms with Crippen LogP contribution in [0.3, 0.4) is 0 Å². The van der Waals surface area contributed by atoms with Crippen LogP contribution in [0.1, 0.15) is 25.8 Å². The molecule has 2 N–H and O–H groups in total. The maximum atomic E-state index is 12.1. The fourth-order valence-electron chi connectivity index (χ4n) is 2.01. The number of amides is 1. The highest BCUT2D eigenvalue weighted by molar-refractivity contribution is 6.31. The van der Waals surface area contributed by atoms with Crippen LogP contribution >= 0.6 is 24.0 Å². The molecule has 0 spiro atoms. The molecule has 22 heavy (non-hydrogen) atoms. The lowest BCUT2D eigenvalue weighted by atomic mass is 10.2. The molecule has 0 bridgehead atoms. The number of aliphatic carboxylic acids is 1. The third kappa shape index (κ3) is 6.64. The smallest absolute Gasteiger partial charge is 0.317 e. The van der Waals surface area contributed by atoms with Gasteiger partial charge < -0.3 is 10.4 Å². The van der Waals surface area contributed by atoms with Gasteiger partial charge in [0.2, 0.25) is 5.91 Å². The SMILES string of the molecule is CCCN(CC(=O)O)C(C)C(=O)NCc1ccccc1Cl.Cl. The fraction of sp³-hybridized carbons (Fsp3) is 0.467. The summed E-state index contributed by atoms with van der Waals surface area (Å²) in [5, 5.41) is 12.3. The monoisotopic (exact) mass is 348 g/mol. The zero-order valence-corrected chi connectivity index (χ0v) is 14.3. The van der Waals surface area contributed by atoms with Gasteiger partial charge in [0.15, 0.2) is 0 Å². The lowest BCUT2D eigenvalue weighted by Crippen LogP contribution is -2.47. The standard InChI is InChI=1S/C15H21ClN2O3.ClH/c1-3-8-18(10-14(19)20)11(2)15(21)17-9-12-6-4-5-7-13(12)16;/h4-7,11H,3,8-10H2,1-2H3,(H,17,21)(H,19,20);1H. The molecule has 124 valence electrons. The summed E-state index contributed by atoms with van der Waals surface area (Å²) in [6.45, 7) is 4.40. The molecule has 0 saturated heterocycles. The molecular formula is C15H22Cl2N2O3. The van der Waals surface area contributed by atoms with Crippen LogP contribution in [0.4, 0.5) is 0 Å². The summed E-state index contributed by atoms with van der Waals surface area (Å²) in [4.78, 5) is 24.6. The summed E-state index contributed by atoms with van der Waals surface area (Å²) >= 11 is 6.03. The first-order valence-electron chi connectivity index (χ1n) is 6.92. The predicted molar refractivity (Wildman–Crippen MR) is 89.5 cm³/mol. The van der Waals surface area contributed by atoms with E-state index in [4.69, 9.17) is 16.7 Å². The molecule has 0 aliphatic heterocycles. The molecule has 1 unspecified atom stereocenters. The van der Waals surface area contributed by atoms with Gasteiger partial charge in [-0.2, -0.15) is 0 Å². The molecule has 1 aromatic carbocycles. The van der Waals surface area contributed by atoms with Crippen molar-refractivity contribution in [2.45, 2.75) is 32.9 Å². The largest absolute Gasteiger partial charge is 0.480 e. The van der Waals surface area contributed by atoms with Crippen LogP contribution in [0, 0.1) is 0 Å². The number of nitrogens with zero attached hydrogens (tertiary/aromatic N) is 1. The fourth-order valence-corrected chi connectivity index (χ4v) is 2.21. The van der Waals surface area contributed by atoms with Gasteiger partial charge in [0.05, 0.1) is 12.6 Å². The summed E-state index contributed by atoms with van der Waals surface area (Å²) < 4.78 is 0. The minimum Gasteiger partial charge on any atom is -0.480 e. The Morgan fingerprint density at radius 2 is 2.00 bits per heavy atom. The van der Waals surface area contributed by atoms with Gasteiger partial charge in [0.1, 0.15) is 0 Å². The number of carboxylic acid groups (broad SMARTS) is 1. The van der Waals surface area contributed by atoms with E-state index in [0.29, 0.717) is 18.1 Å². The molecule has 5 nitrogen and oxygen atoms in total. The molecule has 0 aromatic heterocycles. The Kier molecular flexibility index (Phi) is 9.81. The molecule has 0 heterocycles. The van der Waals surface area contributed by atoms with Gasteiger partial charge >= 0.3 is 5.97 Å². The Labute approximate surface area is 142 Å². The number of benzene rings is 1. The average Bonchev–Trinajstić information content (AvgIpc) is 2.44. The second-order valence-electron chi connectivity index (χ2n) is 4.85. The number of carboxylic acids is 1. The van der Waals surface area contributed by atoms with Crippen molar-refractivity contribution in [1.29, 1.82) is 0 Å². The molecule has 0 radical (unpaired) electrons. The lowest BCUT2D eigenvalue weighted by Gasteiger charge is -2.26. The molecule has 1 atom stereocenters. The van der Waals surface area contributed by atoms with Crippen molar-refractivity contribution in [3.63, 3.8) is 0 Å². The highest BCUT2D eigenvalue weighted by Gasteiger charge is 2.22. The Hall–Kier alpha value is -1.30. The molecule has 1 amide bonds. The zero-order valence-electron chi connectivity index (χ0n) is 12.7. The van der Waals surface area contributed by atoms with Gasteiger partial charge in [-0.3, -0.25) is 14.5 Å². The van der Waals surface area contributed by atoms with E-state index in [0.717, 1.165) is 12.0 Å². The van der Waals surface area contributed by atoms with E-state index in [-0.39, 0.29) is 24.9 Å². The van der Waals surface area contributed by atoms with Gasteiger partial charge in [-0.15, -0.1) is 12.4 Å². The van der Waals surface area contributed by atoms with Crippen LogP contribution in [-0.2, 0) is 16.1 Å². The van der Waals surface area contributed by atoms with E-state index in [2.05, 4.69) is 5.32 Å². The Morgan fingerprint density at radius 1 is 1.36 bits per heavy atom. The van der Waals surface area contributed by atoms with E-state index in [9.17, 15) is 9.59 Å². The van der Waals surface area contributed by atoms with E-state index in [1.54, 1.807) is 17.9 Å². The van der Waals surface area contributed by atoms with Gasteiger partial charge in [0.25, 0.3) is 0 Å². The summed E-state index contributed by atoms with van der Waals surface area (Å²) in [6, 6.07) is 6.79. The second kappa shape index (κ2) is 10.4. The van der Waals surface area contributed by atoms with E-state index >= 15 is 0 Å². The molecule has 0 aliphatic carbocycles. The van der Waals surface area contributed by atoms with Crippen LogP contribution in [0.15, 0.2) is 24.3 Å². The normalized spacial score (nSPS) is 11.6. The zero-order chi connectivity index (χ0) is 15.8. The first-order chi connectivity index (χ1) is 9.95. The number of halogens is 2. The summed E-state index contributed by atoms with van der Waals surface area (Å²) in [5.41, 5.74) is 0.833. The van der Waals surface area contributed by atoms with Crippen LogP contribution in [0.25, 0.3) is 0 Å². The van der Waals surface area contributed by atoms with E-state index < -0.39 is 12.0 Å². The maximum absolute atomic E-state index is 12.1. The van der Waals surface area contributed by atoms with Crippen molar-refractivity contribution in [3.05, 3.63) is 34.9 Å². The lowest BCUT2D eigenvalue weighted by molar-refractivity contribution is -0.139. The Bertz CT molecular complexity index is 497. The first kappa shape index (κ1) is 20.7. The van der Waals surface area contributed by atoms with Crippen molar-refractivity contribution in [3.8, 4) is 0 Å². The molecule has 1 aromatic rings. The topological polar surface area (TPSA) is 69.6 Å². The summed E-state index contributed by atoms with van der Waals surface area (Å²) in [7, 11) is 0. The van der Waals surface area contributed by atoms with Gasteiger partial charge in [-0.25, -0.2) is 0 Å². The second-order valence-corrected chi connectivity index (χ2v) is 5.26. The van der Waals surface area contributed by atoms with Crippen molar-refractivity contribution < 1.29 is 14.7 Å². The van der Waals surface area contributed by atoms with Crippen LogP contribution in [-0.4, -0.2) is 41.0 Å². The Morgan fingerprint density at radius 3 is 2.55 bits per heavy atom. The van der Waals surface area contributed by atoms with Crippen molar-refractivity contribution in [1.82, 2.24) is 10.2 Å². The third-order valence-electron chi connectivity index (χ3n) is 3.19. The van der Waals surface area contributed by atoms with Gasteiger partial charge in [-0.05, 0) is 31.5 Å². The Balaban J connectivity index is 0.00000441.